The molecule has 1 saturated carbocycles. The van der Waals surface area contributed by atoms with Crippen molar-refractivity contribution in [1.82, 2.24) is 14.3 Å². The third kappa shape index (κ3) is 3.51. The maximum Gasteiger partial charge on any atom is 0.240 e. The Hall–Kier alpha value is -1.54. The van der Waals surface area contributed by atoms with Crippen LogP contribution in [0.1, 0.15) is 25.6 Å². The van der Waals surface area contributed by atoms with Crippen molar-refractivity contribution in [2.45, 2.75) is 25.2 Å². The molecule has 1 heterocycles. The number of likely N-dealkylation sites (N-methyl/N-ethyl adjacent to an activating group) is 1. The Morgan fingerprint density at radius 1 is 1.50 bits per heavy atom. The molecule has 110 valence electrons. The van der Waals surface area contributed by atoms with Crippen LogP contribution in [0.2, 0.25) is 0 Å². The van der Waals surface area contributed by atoms with Crippen molar-refractivity contribution in [3.05, 3.63) is 18.1 Å². The van der Waals surface area contributed by atoms with Crippen LogP contribution >= 0.6 is 0 Å². The molecule has 1 fully saturated rings. The first-order valence-electron chi connectivity index (χ1n) is 6.25. The van der Waals surface area contributed by atoms with Crippen molar-refractivity contribution in [3.63, 3.8) is 0 Å². The molecule has 0 aliphatic heterocycles. The molecule has 0 aromatic carbocycles. The second kappa shape index (κ2) is 5.10. The van der Waals surface area contributed by atoms with Gasteiger partial charge in [0.1, 0.15) is 11.6 Å². The van der Waals surface area contributed by atoms with Crippen molar-refractivity contribution in [2.24, 2.45) is 0 Å². The van der Waals surface area contributed by atoms with Gasteiger partial charge in [-0.2, -0.15) is 4.31 Å². The molecule has 8 heteroatoms. The van der Waals surface area contributed by atoms with E-state index in [0.717, 1.165) is 23.4 Å². The molecule has 1 N–H and O–H groups in total. The standard InChI is InChI=1S/C12H18N4O3S/c1-12(5-6-12)11-13-7-4-9(15-11)14-10(17)8-16(2)20(3,18)19/h4,7H,5-6,8H2,1-3H3,(H,13,14,15,17). The van der Waals surface area contributed by atoms with E-state index < -0.39 is 15.9 Å². The first kappa shape index (κ1) is 14.9. The van der Waals surface area contributed by atoms with Gasteiger partial charge in [0.15, 0.2) is 0 Å². The monoisotopic (exact) mass is 298 g/mol. The first-order valence-corrected chi connectivity index (χ1v) is 8.10. The lowest BCUT2D eigenvalue weighted by Crippen LogP contribution is -2.34. The number of amides is 1. The number of anilines is 1. The number of carbonyl (C=O) groups excluding carboxylic acids is 1. The van der Waals surface area contributed by atoms with Crippen molar-refractivity contribution in [2.75, 3.05) is 25.2 Å². The largest absolute Gasteiger partial charge is 0.309 e. The van der Waals surface area contributed by atoms with Gasteiger partial charge in [-0.25, -0.2) is 18.4 Å². The van der Waals surface area contributed by atoms with E-state index in [1.807, 2.05) is 0 Å². The third-order valence-corrected chi connectivity index (χ3v) is 4.66. The van der Waals surface area contributed by atoms with Crippen LogP contribution in [-0.2, 0) is 20.2 Å². The highest BCUT2D eigenvalue weighted by atomic mass is 32.2. The van der Waals surface area contributed by atoms with Gasteiger partial charge in [0.2, 0.25) is 15.9 Å². The fourth-order valence-electron chi connectivity index (χ4n) is 1.63. The van der Waals surface area contributed by atoms with Gasteiger partial charge in [0.25, 0.3) is 0 Å². The van der Waals surface area contributed by atoms with E-state index in [4.69, 9.17) is 0 Å². The van der Waals surface area contributed by atoms with Crippen LogP contribution in [0.4, 0.5) is 5.82 Å². The number of aromatic nitrogens is 2. The highest BCUT2D eigenvalue weighted by Crippen LogP contribution is 2.45. The maximum atomic E-state index is 11.8. The summed E-state index contributed by atoms with van der Waals surface area (Å²) >= 11 is 0. The SMILES string of the molecule is CN(CC(=O)Nc1ccnc(C2(C)CC2)n1)S(C)(=O)=O. The molecule has 1 aromatic heterocycles. The van der Waals surface area contributed by atoms with Gasteiger partial charge < -0.3 is 5.32 Å². The number of hydrogen-bond acceptors (Lipinski definition) is 5. The number of sulfonamides is 1. The lowest BCUT2D eigenvalue weighted by Gasteiger charge is -2.14. The van der Waals surface area contributed by atoms with Crippen LogP contribution in [0.25, 0.3) is 0 Å². The summed E-state index contributed by atoms with van der Waals surface area (Å²) in [4.78, 5) is 20.3. The molecule has 1 aromatic rings. The molecule has 0 bridgehead atoms. The summed E-state index contributed by atoms with van der Waals surface area (Å²) in [7, 11) is -2.02. The number of rotatable bonds is 5. The fourth-order valence-corrected chi connectivity index (χ4v) is 1.98. The van der Waals surface area contributed by atoms with Crippen LogP contribution in [0, 0.1) is 0 Å². The van der Waals surface area contributed by atoms with E-state index in [0.29, 0.717) is 11.6 Å². The zero-order valence-corrected chi connectivity index (χ0v) is 12.6. The molecule has 0 saturated heterocycles. The number of carbonyl (C=O) groups is 1. The van der Waals surface area contributed by atoms with Crippen molar-refractivity contribution < 1.29 is 13.2 Å². The van der Waals surface area contributed by atoms with Crippen molar-refractivity contribution >= 4 is 21.7 Å². The van der Waals surface area contributed by atoms with Gasteiger partial charge in [-0.05, 0) is 18.9 Å². The van der Waals surface area contributed by atoms with Crippen molar-refractivity contribution in [1.29, 1.82) is 0 Å². The summed E-state index contributed by atoms with van der Waals surface area (Å²) in [5, 5.41) is 2.59. The molecule has 1 aliphatic carbocycles. The normalized spacial score (nSPS) is 17.0. The average Bonchev–Trinajstić information content (AvgIpc) is 3.07. The highest BCUT2D eigenvalue weighted by Gasteiger charge is 2.42. The Bertz CT molecular complexity index is 625. The van der Waals surface area contributed by atoms with Gasteiger partial charge >= 0.3 is 0 Å². The Balaban J connectivity index is 2.01. The Kier molecular flexibility index (Phi) is 3.79. The molecule has 20 heavy (non-hydrogen) atoms. The van der Waals surface area contributed by atoms with Gasteiger partial charge in [-0.15, -0.1) is 0 Å². The molecule has 2 rings (SSSR count). The number of hydrogen-bond donors (Lipinski definition) is 1. The Labute approximate surface area is 118 Å². The maximum absolute atomic E-state index is 11.8. The molecule has 7 nitrogen and oxygen atoms in total. The van der Waals surface area contributed by atoms with E-state index in [1.54, 1.807) is 12.3 Å². The molecule has 0 unspecified atom stereocenters. The van der Waals surface area contributed by atoms with E-state index in [9.17, 15) is 13.2 Å². The minimum Gasteiger partial charge on any atom is -0.309 e. The van der Waals surface area contributed by atoms with E-state index in [2.05, 4.69) is 22.2 Å². The summed E-state index contributed by atoms with van der Waals surface area (Å²) in [5.74, 6) is 0.685. The summed E-state index contributed by atoms with van der Waals surface area (Å²) in [6.07, 6.45) is 4.74. The van der Waals surface area contributed by atoms with E-state index in [-0.39, 0.29) is 12.0 Å². The second-order valence-corrected chi connectivity index (χ2v) is 7.48. The number of nitrogens with zero attached hydrogens (tertiary/aromatic N) is 3. The summed E-state index contributed by atoms with van der Waals surface area (Å²) in [5.41, 5.74) is 0.0181. The Morgan fingerprint density at radius 3 is 2.70 bits per heavy atom. The van der Waals surface area contributed by atoms with E-state index >= 15 is 0 Å². The highest BCUT2D eigenvalue weighted by molar-refractivity contribution is 7.88. The van der Waals surface area contributed by atoms with Crippen molar-refractivity contribution in [3.8, 4) is 0 Å². The smallest absolute Gasteiger partial charge is 0.240 e. The van der Waals surface area contributed by atoms with Crippen LogP contribution in [0.15, 0.2) is 12.3 Å². The van der Waals surface area contributed by atoms with Crippen LogP contribution < -0.4 is 5.32 Å². The van der Waals surface area contributed by atoms with Crippen LogP contribution in [0.5, 0.6) is 0 Å². The van der Waals surface area contributed by atoms with Gasteiger partial charge in [0.05, 0.1) is 12.8 Å². The molecule has 0 spiro atoms. The molecular formula is C12H18N4O3S. The second-order valence-electron chi connectivity index (χ2n) is 5.39. The summed E-state index contributed by atoms with van der Waals surface area (Å²) in [6.45, 7) is 1.83. The minimum atomic E-state index is -3.37. The zero-order valence-electron chi connectivity index (χ0n) is 11.8. The summed E-state index contributed by atoms with van der Waals surface area (Å²) < 4.78 is 23.4. The molecular weight excluding hydrogens is 280 g/mol. The Morgan fingerprint density at radius 2 is 2.15 bits per heavy atom. The predicted molar refractivity (Wildman–Crippen MR) is 74.7 cm³/mol. The molecule has 0 atom stereocenters. The quantitative estimate of drug-likeness (QED) is 0.847. The third-order valence-electron chi connectivity index (χ3n) is 3.40. The lowest BCUT2D eigenvalue weighted by atomic mass is 10.1. The molecule has 0 radical (unpaired) electrons. The fraction of sp³-hybridized carbons (Fsp3) is 0.583. The predicted octanol–water partition coefficient (Wildman–Crippen LogP) is 0.358. The van der Waals surface area contributed by atoms with Gasteiger partial charge in [-0.3, -0.25) is 4.79 Å². The first-order chi connectivity index (χ1) is 9.21. The topological polar surface area (TPSA) is 92.3 Å². The molecule has 1 amide bonds. The summed E-state index contributed by atoms with van der Waals surface area (Å²) in [6, 6.07) is 1.59. The van der Waals surface area contributed by atoms with Crippen LogP contribution in [0.3, 0.4) is 0 Å². The molecule has 1 aliphatic rings. The van der Waals surface area contributed by atoms with Crippen LogP contribution in [-0.4, -0.2) is 48.4 Å². The van der Waals surface area contributed by atoms with Gasteiger partial charge in [-0.1, -0.05) is 6.92 Å². The van der Waals surface area contributed by atoms with Gasteiger partial charge in [0, 0.05) is 18.7 Å². The zero-order chi connectivity index (χ0) is 15.0. The lowest BCUT2D eigenvalue weighted by molar-refractivity contribution is -0.116. The minimum absolute atomic E-state index is 0.0181. The van der Waals surface area contributed by atoms with E-state index in [1.165, 1.54) is 7.05 Å². The number of nitrogens with one attached hydrogen (secondary N) is 1. The average molecular weight is 298 g/mol.